The van der Waals surface area contributed by atoms with Gasteiger partial charge in [-0.2, -0.15) is 0 Å². The van der Waals surface area contributed by atoms with Gasteiger partial charge < -0.3 is 14.2 Å². The average molecular weight is 423 g/mol. The van der Waals surface area contributed by atoms with E-state index in [-0.39, 0.29) is 18.0 Å². The molecule has 0 atom stereocenters. The van der Waals surface area contributed by atoms with Gasteiger partial charge in [-0.05, 0) is 70.0 Å². The molecule has 0 spiro atoms. The number of carbonyl (C=O) groups is 1. The molecular formula is C24H27FN4O2. The lowest BCUT2D eigenvalue weighted by Crippen LogP contribution is -2.42. The molecule has 162 valence electrons. The number of likely N-dealkylation sites (tertiary alicyclic amines) is 1. The zero-order valence-corrected chi connectivity index (χ0v) is 18.1. The highest BCUT2D eigenvalue weighted by Crippen LogP contribution is 2.36. The number of aromatic nitrogens is 3. The Morgan fingerprint density at radius 1 is 1.03 bits per heavy atom. The van der Waals surface area contributed by atoms with Gasteiger partial charge in [0.15, 0.2) is 0 Å². The zero-order chi connectivity index (χ0) is 22.0. The van der Waals surface area contributed by atoms with E-state index in [1.807, 2.05) is 39.2 Å². The molecule has 1 aromatic carbocycles. The van der Waals surface area contributed by atoms with Crippen LogP contribution in [0.15, 0.2) is 55.1 Å². The summed E-state index contributed by atoms with van der Waals surface area (Å²) in [7, 11) is 0. The van der Waals surface area contributed by atoms with E-state index in [2.05, 4.69) is 14.5 Å². The highest BCUT2D eigenvalue weighted by molar-refractivity contribution is 5.78. The fraction of sp³-hybridized carbons (Fsp3) is 0.375. The van der Waals surface area contributed by atoms with Crippen molar-refractivity contribution in [3.63, 3.8) is 0 Å². The molecule has 0 unspecified atom stereocenters. The first-order chi connectivity index (χ1) is 14.8. The largest absolute Gasteiger partial charge is 0.444 e. The van der Waals surface area contributed by atoms with Gasteiger partial charge in [0.1, 0.15) is 11.4 Å². The Morgan fingerprint density at radius 3 is 2.29 bits per heavy atom. The summed E-state index contributed by atoms with van der Waals surface area (Å²) in [5, 5.41) is 0. The maximum absolute atomic E-state index is 13.5. The lowest BCUT2D eigenvalue weighted by molar-refractivity contribution is 0.0189. The summed E-state index contributed by atoms with van der Waals surface area (Å²) >= 11 is 0. The van der Waals surface area contributed by atoms with E-state index in [1.165, 1.54) is 12.1 Å². The second kappa shape index (κ2) is 8.49. The average Bonchev–Trinajstić information content (AvgIpc) is 3.19. The second-order valence-corrected chi connectivity index (χ2v) is 8.79. The lowest BCUT2D eigenvalue weighted by atomic mass is 10.0. The highest BCUT2D eigenvalue weighted by atomic mass is 19.1. The van der Waals surface area contributed by atoms with E-state index in [4.69, 9.17) is 4.74 Å². The summed E-state index contributed by atoms with van der Waals surface area (Å²) in [6, 6.07) is 10.5. The minimum Gasteiger partial charge on any atom is -0.444 e. The normalized spacial score (nSPS) is 15.2. The van der Waals surface area contributed by atoms with Crippen molar-refractivity contribution >= 4 is 6.09 Å². The summed E-state index contributed by atoms with van der Waals surface area (Å²) < 4.78 is 21.1. The number of amides is 1. The molecule has 1 aliphatic rings. The molecule has 0 bridgehead atoms. The Hall–Kier alpha value is -3.22. The predicted octanol–water partition coefficient (Wildman–Crippen LogP) is 5.32. The van der Waals surface area contributed by atoms with E-state index in [0.717, 1.165) is 35.4 Å². The first kappa shape index (κ1) is 21.0. The molecule has 1 amide bonds. The Morgan fingerprint density at radius 2 is 1.68 bits per heavy atom. The van der Waals surface area contributed by atoms with Crippen LogP contribution < -0.4 is 0 Å². The minimum absolute atomic E-state index is 0.198. The smallest absolute Gasteiger partial charge is 0.410 e. The van der Waals surface area contributed by atoms with Crippen LogP contribution in [0, 0.1) is 5.82 Å². The Labute approximate surface area is 181 Å². The van der Waals surface area contributed by atoms with Gasteiger partial charge in [-0.3, -0.25) is 4.98 Å². The molecule has 3 aromatic rings. The molecule has 31 heavy (non-hydrogen) atoms. The minimum atomic E-state index is -0.503. The monoisotopic (exact) mass is 422 g/mol. The fourth-order valence-corrected chi connectivity index (χ4v) is 3.91. The van der Waals surface area contributed by atoms with E-state index < -0.39 is 5.60 Å². The van der Waals surface area contributed by atoms with Crippen molar-refractivity contribution in [2.45, 2.75) is 45.3 Å². The number of hydrogen-bond donors (Lipinski definition) is 0. The van der Waals surface area contributed by atoms with Crippen molar-refractivity contribution in [1.29, 1.82) is 0 Å². The number of halogens is 1. The molecule has 0 radical (unpaired) electrons. The van der Waals surface area contributed by atoms with Crippen LogP contribution in [0.4, 0.5) is 9.18 Å². The number of piperidine rings is 1. The van der Waals surface area contributed by atoms with Gasteiger partial charge in [0.2, 0.25) is 0 Å². The van der Waals surface area contributed by atoms with Crippen molar-refractivity contribution in [2.24, 2.45) is 0 Å². The van der Waals surface area contributed by atoms with E-state index in [9.17, 15) is 9.18 Å². The van der Waals surface area contributed by atoms with Gasteiger partial charge >= 0.3 is 6.09 Å². The molecule has 1 fully saturated rings. The first-order valence-corrected chi connectivity index (χ1v) is 10.5. The van der Waals surface area contributed by atoms with Gasteiger partial charge in [-0.25, -0.2) is 14.2 Å². The van der Waals surface area contributed by atoms with Gasteiger partial charge in [-0.15, -0.1) is 0 Å². The highest BCUT2D eigenvalue weighted by Gasteiger charge is 2.29. The maximum atomic E-state index is 13.5. The molecule has 0 saturated carbocycles. The lowest BCUT2D eigenvalue weighted by Gasteiger charge is -2.34. The third-order valence-electron chi connectivity index (χ3n) is 5.37. The number of rotatable bonds is 3. The zero-order valence-electron chi connectivity index (χ0n) is 18.1. The molecule has 7 heteroatoms. The van der Waals surface area contributed by atoms with Gasteiger partial charge in [0, 0.05) is 42.7 Å². The molecule has 0 N–H and O–H groups in total. The van der Waals surface area contributed by atoms with Crippen LogP contribution in [0.3, 0.4) is 0 Å². The Bertz CT molecular complexity index is 1030. The third-order valence-corrected chi connectivity index (χ3v) is 5.37. The van der Waals surface area contributed by atoms with Crippen LogP contribution in [0.1, 0.15) is 39.7 Å². The van der Waals surface area contributed by atoms with Crippen molar-refractivity contribution in [1.82, 2.24) is 19.4 Å². The Balaban J connectivity index is 1.61. The number of pyridine rings is 1. The predicted molar refractivity (Wildman–Crippen MR) is 117 cm³/mol. The number of nitrogens with zero attached hydrogens (tertiary/aromatic N) is 4. The second-order valence-electron chi connectivity index (χ2n) is 8.79. The number of imidazole rings is 1. The number of ether oxygens (including phenoxy) is 1. The van der Waals surface area contributed by atoms with Crippen LogP contribution in [0.25, 0.3) is 22.5 Å². The molecule has 3 heterocycles. The quantitative estimate of drug-likeness (QED) is 0.573. The van der Waals surface area contributed by atoms with Gasteiger partial charge in [0.05, 0.1) is 17.7 Å². The summed E-state index contributed by atoms with van der Waals surface area (Å²) in [6.07, 6.45) is 6.70. The standard InChI is InChI=1S/C24H27FN4O2/c1-24(2,3)31-23(30)28-14-10-20(11-15-28)29-16-27-21(17-4-6-19(25)7-5-17)22(29)18-8-12-26-13-9-18/h4-9,12-13,16,20H,10-11,14-15H2,1-3H3. The summed E-state index contributed by atoms with van der Waals surface area (Å²) in [6.45, 7) is 6.88. The molecule has 6 nitrogen and oxygen atoms in total. The van der Waals surface area contributed by atoms with Crippen LogP contribution in [0.2, 0.25) is 0 Å². The van der Waals surface area contributed by atoms with Gasteiger partial charge in [0.25, 0.3) is 0 Å². The summed E-state index contributed by atoms with van der Waals surface area (Å²) in [5.41, 5.74) is 3.14. The molecule has 0 aliphatic carbocycles. The molecular weight excluding hydrogens is 395 g/mol. The van der Waals surface area contributed by atoms with Crippen LogP contribution in [-0.4, -0.2) is 44.2 Å². The van der Waals surface area contributed by atoms with E-state index in [1.54, 1.807) is 29.4 Å². The number of benzene rings is 1. The summed E-state index contributed by atoms with van der Waals surface area (Å²) in [4.78, 5) is 23.0. The van der Waals surface area contributed by atoms with Crippen molar-refractivity contribution in [3.05, 3.63) is 60.9 Å². The number of hydrogen-bond acceptors (Lipinski definition) is 4. The molecule has 1 saturated heterocycles. The maximum Gasteiger partial charge on any atom is 0.410 e. The van der Waals surface area contributed by atoms with Gasteiger partial charge in [-0.1, -0.05) is 0 Å². The SMILES string of the molecule is CC(C)(C)OC(=O)N1CCC(n2cnc(-c3ccc(F)cc3)c2-c2ccncc2)CC1. The third kappa shape index (κ3) is 4.76. The van der Waals surface area contributed by atoms with Crippen LogP contribution in [0.5, 0.6) is 0 Å². The molecule has 1 aliphatic heterocycles. The Kier molecular flexibility index (Phi) is 5.76. The van der Waals surface area contributed by atoms with Crippen molar-refractivity contribution < 1.29 is 13.9 Å². The van der Waals surface area contributed by atoms with Crippen LogP contribution in [-0.2, 0) is 4.74 Å². The number of carbonyl (C=O) groups excluding carboxylic acids is 1. The molecule has 2 aromatic heterocycles. The molecule has 4 rings (SSSR count). The van der Waals surface area contributed by atoms with E-state index >= 15 is 0 Å². The first-order valence-electron chi connectivity index (χ1n) is 10.5. The van der Waals surface area contributed by atoms with Crippen LogP contribution >= 0.6 is 0 Å². The van der Waals surface area contributed by atoms with Crippen molar-refractivity contribution in [2.75, 3.05) is 13.1 Å². The fourth-order valence-electron chi connectivity index (χ4n) is 3.91. The summed E-state index contributed by atoms with van der Waals surface area (Å²) in [5.74, 6) is -0.275. The van der Waals surface area contributed by atoms with Crippen molar-refractivity contribution in [3.8, 4) is 22.5 Å². The van der Waals surface area contributed by atoms with E-state index in [0.29, 0.717) is 13.1 Å². The topological polar surface area (TPSA) is 60.2 Å².